The van der Waals surface area contributed by atoms with Gasteiger partial charge in [-0.3, -0.25) is 0 Å². The van der Waals surface area contributed by atoms with Gasteiger partial charge in [0, 0.05) is 5.57 Å². The van der Waals surface area contributed by atoms with Gasteiger partial charge in [-0.15, -0.1) is 0 Å². The maximum absolute atomic E-state index is 12.8. The minimum atomic E-state index is -0.309. The zero-order chi connectivity index (χ0) is 18.5. The van der Waals surface area contributed by atoms with Crippen LogP contribution in [0, 0.1) is 5.92 Å². The Balaban J connectivity index is 3.02. The van der Waals surface area contributed by atoms with Gasteiger partial charge in [0.15, 0.2) is 0 Å². The molecule has 1 aliphatic rings. The minimum absolute atomic E-state index is 0.153. The van der Waals surface area contributed by atoms with Crippen molar-refractivity contribution in [3.8, 4) is 0 Å². The molecule has 0 spiro atoms. The summed E-state index contributed by atoms with van der Waals surface area (Å²) in [4.78, 5) is 25.4. The maximum Gasteiger partial charge on any atom is 0.334 e. The summed E-state index contributed by atoms with van der Waals surface area (Å²) in [6.07, 6.45) is 10.3. The van der Waals surface area contributed by atoms with Gasteiger partial charge in [-0.2, -0.15) is 0 Å². The zero-order valence-electron chi connectivity index (χ0n) is 16.4. The van der Waals surface area contributed by atoms with Gasteiger partial charge < -0.3 is 9.47 Å². The largest absolute Gasteiger partial charge is 0.462 e. The van der Waals surface area contributed by atoms with Gasteiger partial charge in [-0.1, -0.05) is 52.9 Å². The van der Waals surface area contributed by atoms with Crippen molar-refractivity contribution in [3.05, 3.63) is 11.1 Å². The summed E-state index contributed by atoms with van der Waals surface area (Å²) < 4.78 is 10.9. The molecule has 0 aromatic carbocycles. The van der Waals surface area contributed by atoms with Crippen LogP contribution in [0.15, 0.2) is 11.1 Å². The summed E-state index contributed by atoms with van der Waals surface area (Å²) in [7, 11) is 0. The molecule has 144 valence electrons. The molecule has 0 N–H and O–H groups in total. The van der Waals surface area contributed by atoms with Crippen molar-refractivity contribution >= 4 is 11.9 Å². The summed E-state index contributed by atoms with van der Waals surface area (Å²) in [6.45, 7) is 7.08. The van der Waals surface area contributed by atoms with Gasteiger partial charge in [-0.25, -0.2) is 9.59 Å². The number of unbranched alkanes of at least 4 members (excludes halogenated alkanes) is 3. The fourth-order valence-corrected chi connectivity index (χ4v) is 3.23. The quantitative estimate of drug-likeness (QED) is 0.270. The highest BCUT2D eigenvalue weighted by Crippen LogP contribution is 2.35. The molecular weight excluding hydrogens is 316 g/mol. The summed E-state index contributed by atoms with van der Waals surface area (Å²) in [6, 6.07) is 0. The third-order valence-electron chi connectivity index (χ3n) is 4.80. The van der Waals surface area contributed by atoms with Gasteiger partial charge in [-0.05, 0) is 44.4 Å². The van der Waals surface area contributed by atoms with E-state index in [4.69, 9.17) is 9.47 Å². The minimum Gasteiger partial charge on any atom is -0.462 e. The van der Waals surface area contributed by atoms with Crippen molar-refractivity contribution in [2.75, 3.05) is 13.2 Å². The molecule has 0 amide bonds. The number of hydrogen-bond acceptors (Lipinski definition) is 4. The van der Waals surface area contributed by atoms with Crippen LogP contribution in [0.4, 0.5) is 0 Å². The van der Waals surface area contributed by atoms with Crippen LogP contribution in [0.5, 0.6) is 0 Å². The number of ether oxygens (including phenoxy) is 2. The van der Waals surface area contributed by atoms with Crippen LogP contribution in [0.2, 0.25) is 0 Å². The van der Waals surface area contributed by atoms with Crippen molar-refractivity contribution in [2.24, 2.45) is 5.92 Å². The number of esters is 2. The highest BCUT2D eigenvalue weighted by Gasteiger charge is 2.31. The van der Waals surface area contributed by atoms with Gasteiger partial charge in [0.05, 0.1) is 18.8 Å². The Labute approximate surface area is 153 Å². The van der Waals surface area contributed by atoms with Crippen molar-refractivity contribution in [2.45, 2.75) is 91.4 Å². The molecule has 1 aliphatic carbocycles. The Morgan fingerprint density at radius 3 is 1.84 bits per heavy atom. The summed E-state index contributed by atoms with van der Waals surface area (Å²) in [5.74, 6) is -0.449. The van der Waals surface area contributed by atoms with E-state index < -0.39 is 0 Å². The van der Waals surface area contributed by atoms with E-state index in [-0.39, 0.29) is 17.9 Å². The molecule has 0 atom stereocenters. The second kappa shape index (κ2) is 13.0. The number of carbonyl (C=O) groups is 2. The lowest BCUT2D eigenvalue weighted by molar-refractivity contribution is -0.143. The third kappa shape index (κ3) is 7.62. The highest BCUT2D eigenvalue weighted by atomic mass is 16.5. The third-order valence-corrected chi connectivity index (χ3v) is 4.80. The molecule has 1 saturated carbocycles. The van der Waals surface area contributed by atoms with Crippen LogP contribution in [0.1, 0.15) is 91.4 Å². The van der Waals surface area contributed by atoms with E-state index in [9.17, 15) is 9.59 Å². The van der Waals surface area contributed by atoms with Crippen LogP contribution in [0.25, 0.3) is 0 Å². The molecule has 0 aliphatic heterocycles. The molecule has 0 saturated heterocycles. The maximum atomic E-state index is 12.8. The van der Waals surface area contributed by atoms with Crippen molar-refractivity contribution in [3.63, 3.8) is 0 Å². The van der Waals surface area contributed by atoms with E-state index in [0.717, 1.165) is 64.2 Å². The van der Waals surface area contributed by atoms with E-state index in [1.807, 2.05) is 0 Å². The molecule has 0 aromatic heterocycles. The van der Waals surface area contributed by atoms with Crippen LogP contribution in [-0.4, -0.2) is 25.2 Å². The number of hydrogen-bond donors (Lipinski definition) is 0. The van der Waals surface area contributed by atoms with Crippen molar-refractivity contribution in [1.29, 1.82) is 0 Å². The van der Waals surface area contributed by atoms with Gasteiger partial charge in [0.1, 0.15) is 0 Å². The SMILES string of the molecule is CCCCOC(=O)C(CCCC)=C(C(=O)OCCCC)C1CCCC1. The average Bonchev–Trinajstić information content (AvgIpc) is 3.12. The predicted molar refractivity (Wildman–Crippen MR) is 100 cm³/mol. The Bertz CT molecular complexity index is 433. The van der Waals surface area contributed by atoms with E-state index >= 15 is 0 Å². The average molecular weight is 353 g/mol. The molecule has 0 unspecified atom stereocenters. The van der Waals surface area contributed by atoms with E-state index in [1.165, 1.54) is 0 Å². The standard InChI is InChI=1S/C21H36O4/c1-4-7-14-18(20(22)24-15-8-5-2)19(17-12-10-11-13-17)21(23)25-16-9-6-3/h17H,4-16H2,1-3H3. The molecule has 4 heteroatoms. The molecule has 1 rings (SSSR count). The Morgan fingerprint density at radius 2 is 1.32 bits per heavy atom. The van der Waals surface area contributed by atoms with E-state index in [0.29, 0.717) is 30.8 Å². The summed E-state index contributed by atoms with van der Waals surface area (Å²) in [5.41, 5.74) is 1.19. The fourth-order valence-electron chi connectivity index (χ4n) is 3.23. The molecule has 4 nitrogen and oxygen atoms in total. The van der Waals surface area contributed by atoms with Crippen molar-refractivity contribution < 1.29 is 19.1 Å². The topological polar surface area (TPSA) is 52.6 Å². The predicted octanol–water partition coefficient (Wildman–Crippen LogP) is 5.35. The first kappa shape index (κ1) is 21.7. The molecule has 1 fully saturated rings. The molecule has 25 heavy (non-hydrogen) atoms. The van der Waals surface area contributed by atoms with Gasteiger partial charge >= 0.3 is 11.9 Å². The lowest BCUT2D eigenvalue weighted by atomic mass is 9.90. The molecule has 0 heterocycles. The first-order chi connectivity index (χ1) is 12.2. The Kier molecular flexibility index (Phi) is 11.3. The second-order valence-electron chi connectivity index (χ2n) is 6.96. The highest BCUT2D eigenvalue weighted by molar-refractivity contribution is 6.00. The Hall–Kier alpha value is -1.32. The summed E-state index contributed by atoms with van der Waals surface area (Å²) in [5, 5.41) is 0. The fraction of sp³-hybridized carbons (Fsp3) is 0.810. The van der Waals surface area contributed by atoms with Gasteiger partial charge in [0.2, 0.25) is 0 Å². The van der Waals surface area contributed by atoms with Crippen LogP contribution in [0.3, 0.4) is 0 Å². The van der Waals surface area contributed by atoms with Crippen LogP contribution in [-0.2, 0) is 19.1 Å². The van der Waals surface area contributed by atoms with Crippen molar-refractivity contribution in [1.82, 2.24) is 0 Å². The molecular formula is C21H36O4. The zero-order valence-corrected chi connectivity index (χ0v) is 16.4. The first-order valence-corrected chi connectivity index (χ1v) is 10.2. The van der Waals surface area contributed by atoms with Crippen LogP contribution >= 0.6 is 0 Å². The molecule has 0 aromatic rings. The van der Waals surface area contributed by atoms with E-state index in [1.54, 1.807) is 0 Å². The Morgan fingerprint density at radius 1 is 0.800 bits per heavy atom. The van der Waals surface area contributed by atoms with Crippen LogP contribution < -0.4 is 0 Å². The monoisotopic (exact) mass is 352 g/mol. The smallest absolute Gasteiger partial charge is 0.334 e. The second-order valence-corrected chi connectivity index (χ2v) is 6.96. The van der Waals surface area contributed by atoms with E-state index in [2.05, 4.69) is 20.8 Å². The number of carbonyl (C=O) groups excluding carboxylic acids is 2. The molecule has 0 radical (unpaired) electrons. The lowest BCUT2D eigenvalue weighted by Gasteiger charge is -2.19. The number of rotatable bonds is 12. The van der Waals surface area contributed by atoms with Gasteiger partial charge in [0.25, 0.3) is 0 Å². The first-order valence-electron chi connectivity index (χ1n) is 10.2. The molecule has 0 bridgehead atoms. The lowest BCUT2D eigenvalue weighted by Crippen LogP contribution is -2.22. The summed E-state index contributed by atoms with van der Waals surface area (Å²) >= 11 is 0. The normalized spacial score (nSPS) is 15.8.